The lowest BCUT2D eigenvalue weighted by atomic mass is 10.0. The molecule has 2 unspecified atom stereocenters. The average molecular weight is 283 g/mol. The average Bonchev–Trinajstić information content (AvgIpc) is 2.85. The van der Waals surface area contributed by atoms with Crippen LogP contribution in [0.25, 0.3) is 0 Å². The zero-order valence-corrected chi connectivity index (χ0v) is 12.7. The summed E-state index contributed by atoms with van der Waals surface area (Å²) in [6.07, 6.45) is 4.21. The zero-order valence-electron chi connectivity index (χ0n) is 11.9. The van der Waals surface area contributed by atoms with Crippen LogP contribution < -0.4 is 5.32 Å². The molecule has 108 valence electrons. The predicted octanol–water partition coefficient (Wildman–Crippen LogP) is 2.85. The van der Waals surface area contributed by atoms with Gasteiger partial charge >= 0.3 is 0 Å². The number of ether oxygens (including phenoxy) is 2. The van der Waals surface area contributed by atoms with E-state index in [2.05, 4.69) is 36.7 Å². The quantitative estimate of drug-likeness (QED) is 0.781. The Labute approximate surface area is 120 Å². The highest BCUT2D eigenvalue weighted by Crippen LogP contribution is 2.21. The molecule has 1 aliphatic rings. The maximum atomic E-state index is 5.92. The van der Waals surface area contributed by atoms with Crippen LogP contribution in [-0.4, -0.2) is 38.0 Å². The summed E-state index contributed by atoms with van der Waals surface area (Å²) in [7, 11) is 0. The van der Waals surface area contributed by atoms with Gasteiger partial charge in [0.2, 0.25) is 0 Å². The molecule has 0 bridgehead atoms. The number of hydrogen-bond acceptors (Lipinski definition) is 4. The highest BCUT2D eigenvalue weighted by molar-refractivity contribution is 7.09. The first-order valence-electron chi connectivity index (χ1n) is 7.24. The van der Waals surface area contributed by atoms with Crippen molar-refractivity contribution in [3.63, 3.8) is 0 Å². The van der Waals surface area contributed by atoms with Crippen LogP contribution in [0, 0.1) is 0 Å². The van der Waals surface area contributed by atoms with Crippen molar-refractivity contribution in [2.24, 2.45) is 0 Å². The Bertz CT molecular complexity index is 332. The van der Waals surface area contributed by atoms with Crippen molar-refractivity contribution in [3.8, 4) is 0 Å². The molecule has 19 heavy (non-hydrogen) atoms. The molecule has 0 aliphatic carbocycles. The lowest BCUT2D eigenvalue weighted by Gasteiger charge is -2.32. The first-order chi connectivity index (χ1) is 9.24. The van der Waals surface area contributed by atoms with Crippen LogP contribution in [0.4, 0.5) is 0 Å². The minimum absolute atomic E-state index is 0.334. The third-order valence-electron chi connectivity index (χ3n) is 3.41. The second-order valence-electron chi connectivity index (χ2n) is 5.30. The summed E-state index contributed by atoms with van der Waals surface area (Å²) < 4.78 is 11.6. The molecule has 0 radical (unpaired) electrons. The molecule has 1 aliphatic heterocycles. The van der Waals surface area contributed by atoms with E-state index in [1.165, 1.54) is 4.88 Å². The zero-order chi connectivity index (χ0) is 13.5. The molecule has 1 aromatic heterocycles. The highest BCUT2D eigenvalue weighted by atomic mass is 32.1. The van der Waals surface area contributed by atoms with Crippen molar-refractivity contribution in [1.29, 1.82) is 0 Å². The fourth-order valence-electron chi connectivity index (χ4n) is 2.57. The van der Waals surface area contributed by atoms with Gasteiger partial charge in [0, 0.05) is 18.0 Å². The first kappa shape index (κ1) is 15.0. The standard InChI is InChI=1S/C15H25NO2S/c1-12-10-14(11-13(2)18-12)17-8-7-16-6-5-15-4-3-9-19-15/h3-4,9,12-14,16H,5-8,10-11H2,1-2H3. The van der Waals surface area contributed by atoms with Crippen LogP contribution in [0.15, 0.2) is 17.5 Å². The molecule has 0 saturated carbocycles. The van der Waals surface area contributed by atoms with E-state index in [-0.39, 0.29) is 0 Å². The molecule has 2 rings (SSSR count). The van der Waals surface area contributed by atoms with Crippen molar-refractivity contribution in [3.05, 3.63) is 22.4 Å². The molecule has 1 fully saturated rings. The van der Waals surface area contributed by atoms with Gasteiger partial charge in [-0.1, -0.05) is 6.07 Å². The molecule has 4 heteroatoms. The summed E-state index contributed by atoms with van der Waals surface area (Å²) in [5.41, 5.74) is 0. The molecular weight excluding hydrogens is 258 g/mol. The van der Waals surface area contributed by atoms with Gasteiger partial charge in [-0.2, -0.15) is 0 Å². The molecular formula is C15H25NO2S. The van der Waals surface area contributed by atoms with Crippen molar-refractivity contribution in [2.45, 2.75) is 51.4 Å². The Hall–Kier alpha value is -0.420. The van der Waals surface area contributed by atoms with E-state index >= 15 is 0 Å². The minimum atomic E-state index is 0.334. The van der Waals surface area contributed by atoms with E-state index in [0.29, 0.717) is 18.3 Å². The largest absolute Gasteiger partial charge is 0.377 e. The van der Waals surface area contributed by atoms with Crippen LogP contribution in [0.2, 0.25) is 0 Å². The number of rotatable bonds is 7. The summed E-state index contributed by atoms with van der Waals surface area (Å²) in [5, 5.41) is 5.57. The van der Waals surface area contributed by atoms with Gasteiger partial charge in [0.15, 0.2) is 0 Å². The minimum Gasteiger partial charge on any atom is -0.377 e. The number of thiophene rings is 1. The third kappa shape index (κ3) is 5.61. The van der Waals surface area contributed by atoms with Crippen LogP contribution in [0.1, 0.15) is 31.6 Å². The SMILES string of the molecule is CC1CC(OCCNCCc2cccs2)CC(C)O1. The first-order valence-corrected chi connectivity index (χ1v) is 8.12. The maximum absolute atomic E-state index is 5.92. The molecule has 0 amide bonds. The Balaban J connectivity index is 1.49. The monoisotopic (exact) mass is 283 g/mol. The smallest absolute Gasteiger partial charge is 0.0625 e. The fourth-order valence-corrected chi connectivity index (χ4v) is 3.28. The molecule has 1 saturated heterocycles. The molecule has 3 nitrogen and oxygen atoms in total. The highest BCUT2D eigenvalue weighted by Gasteiger charge is 2.24. The lowest BCUT2D eigenvalue weighted by molar-refractivity contribution is -0.101. The van der Waals surface area contributed by atoms with E-state index in [4.69, 9.17) is 9.47 Å². The molecule has 0 aromatic carbocycles. The normalized spacial score (nSPS) is 27.6. The Morgan fingerprint density at radius 1 is 1.32 bits per heavy atom. The van der Waals surface area contributed by atoms with Gasteiger partial charge in [0.25, 0.3) is 0 Å². The number of nitrogens with one attached hydrogen (secondary N) is 1. The Kier molecular flexibility index (Phi) is 6.31. The topological polar surface area (TPSA) is 30.5 Å². The van der Waals surface area contributed by atoms with Gasteiger partial charge in [0.05, 0.1) is 24.9 Å². The molecule has 1 aromatic rings. The van der Waals surface area contributed by atoms with Gasteiger partial charge in [-0.05, 0) is 44.6 Å². The van der Waals surface area contributed by atoms with Gasteiger partial charge in [-0.3, -0.25) is 0 Å². The Morgan fingerprint density at radius 3 is 2.79 bits per heavy atom. The molecule has 0 spiro atoms. The van der Waals surface area contributed by atoms with Crippen molar-refractivity contribution in [2.75, 3.05) is 19.7 Å². The van der Waals surface area contributed by atoms with Gasteiger partial charge < -0.3 is 14.8 Å². The van der Waals surface area contributed by atoms with Gasteiger partial charge in [-0.25, -0.2) is 0 Å². The van der Waals surface area contributed by atoms with E-state index in [1.807, 2.05) is 11.3 Å². The predicted molar refractivity (Wildman–Crippen MR) is 79.9 cm³/mol. The van der Waals surface area contributed by atoms with Gasteiger partial charge in [-0.15, -0.1) is 11.3 Å². The third-order valence-corrected chi connectivity index (χ3v) is 4.35. The van der Waals surface area contributed by atoms with Crippen LogP contribution >= 0.6 is 11.3 Å². The second-order valence-corrected chi connectivity index (χ2v) is 6.33. The van der Waals surface area contributed by atoms with E-state index < -0.39 is 0 Å². The summed E-state index contributed by atoms with van der Waals surface area (Å²) >= 11 is 1.82. The molecule has 2 heterocycles. The van der Waals surface area contributed by atoms with Crippen LogP contribution in [0.5, 0.6) is 0 Å². The Morgan fingerprint density at radius 2 is 2.11 bits per heavy atom. The van der Waals surface area contributed by atoms with E-state index in [9.17, 15) is 0 Å². The molecule has 2 atom stereocenters. The summed E-state index contributed by atoms with van der Waals surface area (Å²) in [5.74, 6) is 0. The van der Waals surface area contributed by atoms with Gasteiger partial charge in [0.1, 0.15) is 0 Å². The van der Waals surface area contributed by atoms with E-state index in [1.54, 1.807) is 0 Å². The van der Waals surface area contributed by atoms with Crippen molar-refractivity contribution >= 4 is 11.3 Å². The van der Waals surface area contributed by atoms with Crippen LogP contribution in [-0.2, 0) is 15.9 Å². The van der Waals surface area contributed by atoms with Crippen molar-refractivity contribution < 1.29 is 9.47 Å². The summed E-state index contributed by atoms with van der Waals surface area (Å²) in [6, 6.07) is 4.30. The van der Waals surface area contributed by atoms with Crippen LogP contribution in [0.3, 0.4) is 0 Å². The summed E-state index contributed by atoms with van der Waals surface area (Å²) in [4.78, 5) is 1.44. The fraction of sp³-hybridized carbons (Fsp3) is 0.733. The maximum Gasteiger partial charge on any atom is 0.0625 e. The number of hydrogen-bond donors (Lipinski definition) is 1. The lowest BCUT2D eigenvalue weighted by Crippen LogP contribution is -2.35. The van der Waals surface area contributed by atoms with Crippen molar-refractivity contribution in [1.82, 2.24) is 5.32 Å². The second kappa shape index (κ2) is 8.00. The summed E-state index contributed by atoms with van der Waals surface area (Å²) in [6.45, 7) is 7.03. The van der Waals surface area contributed by atoms with E-state index in [0.717, 1.165) is 39.0 Å². The molecule has 1 N–H and O–H groups in total.